The number of nitrogens with zero attached hydrogens (tertiary/aromatic N) is 1. The molecule has 2 aromatic carbocycles. The molecule has 0 saturated heterocycles. The Kier molecular flexibility index (Phi) is 5.99. The van der Waals surface area contributed by atoms with Gasteiger partial charge in [-0.1, -0.05) is 50.2 Å². The van der Waals surface area contributed by atoms with Crippen LogP contribution in [0.25, 0.3) is 10.8 Å². The van der Waals surface area contributed by atoms with E-state index < -0.39 is 0 Å². The van der Waals surface area contributed by atoms with Crippen LogP contribution in [0.5, 0.6) is 5.75 Å². The number of amides is 1. The lowest BCUT2D eigenvalue weighted by atomic mass is 10.0. The Morgan fingerprint density at radius 1 is 1.17 bits per heavy atom. The first kappa shape index (κ1) is 17.3. The minimum atomic E-state index is -0.0334. The van der Waals surface area contributed by atoms with Crippen molar-refractivity contribution >= 4 is 16.7 Å². The van der Waals surface area contributed by atoms with E-state index in [1.165, 1.54) is 0 Å². The van der Waals surface area contributed by atoms with Gasteiger partial charge in [-0.25, -0.2) is 0 Å². The molecule has 23 heavy (non-hydrogen) atoms. The van der Waals surface area contributed by atoms with Gasteiger partial charge in [-0.05, 0) is 23.8 Å². The Morgan fingerprint density at radius 3 is 2.61 bits per heavy atom. The van der Waals surface area contributed by atoms with Gasteiger partial charge < -0.3 is 15.4 Å². The molecule has 1 atom stereocenters. The summed E-state index contributed by atoms with van der Waals surface area (Å²) in [5, 5.41) is 2.13. The first-order chi connectivity index (χ1) is 11.0. The van der Waals surface area contributed by atoms with Gasteiger partial charge in [0.1, 0.15) is 5.75 Å². The van der Waals surface area contributed by atoms with Gasteiger partial charge in [0, 0.05) is 25.0 Å². The van der Waals surface area contributed by atoms with Crippen LogP contribution in [0.1, 0.15) is 20.3 Å². The molecule has 4 heteroatoms. The summed E-state index contributed by atoms with van der Waals surface area (Å²) in [5.41, 5.74) is 6.02. The number of likely N-dealkylation sites (N-methyl/N-ethyl adjacent to an activating group) is 1. The number of benzene rings is 2. The van der Waals surface area contributed by atoms with Crippen molar-refractivity contribution in [3.8, 4) is 5.75 Å². The summed E-state index contributed by atoms with van der Waals surface area (Å²) in [6.07, 6.45) is 0.800. The first-order valence-electron chi connectivity index (χ1n) is 8.09. The molecule has 0 fully saturated rings. The van der Waals surface area contributed by atoms with E-state index in [4.69, 9.17) is 10.5 Å². The standard InChI is InChI=1S/C19H26N2O2/c1-14(2)17(20)11-12-21(3)19(22)13-23-18-10-6-8-15-7-4-5-9-16(15)18/h4-10,14,17H,11-13,20H2,1-3H3. The quantitative estimate of drug-likeness (QED) is 0.854. The fourth-order valence-electron chi connectivity index (χ4n) is 2.37. The molecule has 2 aromatic rings. The molecule has 0 aliphatic carbocycles. The van der Waals surface area contributed by atoms with Crippen LogP contribution in [0.2, 0.25) is 0 Å². The minimum absolute atomic E-state index is 0.0334. The van der Waals surface area contributed by atoms with Gasteiger partial charge in [-0.2, -0.15) is 0 Å². The number of fused-ring (bicyclic) bond motifs is 1. The number of nitrogens with two attached hydrogens (primary N) is 1. The highest BCUT2D eigenvalue weighted by atomic mass is 16.5. The van der Waals surface area contributed by atoms with Crippen molar-refractivity contribution in [1.29, 1.82) is 0 Å². The molecule has 0 saturated carbocycles. The van der Waals surface area contributed by atoms with Crippen molar-refractivity contribution in [3.63, 3.8) is 0 Å². The molecule has 2 N–H and O–H groups in total. The Hall–Kier alpha value is -2.07. The monoisotopic (exact) mass is 314 g/mol. The molecule has 0 heterocycles. The lowest BCUT2D eigenvalue weighted by Crippen LogP contribution is -2.36. The average Bonchev–Trinajstić information content (AvgIpc) is 2.56. The fraction of sp³-hybridized carbons (Fsp3) is 0.421. The Bertz CT molecular complexity index is 649. The van der Waals surface area contributed by atoms with E-state index in [9.17, 15) is 4.79 Å². The van der Waals surface area contributed by atoms with Gasteiger partial charge in [0.25, 0.3) is 5.91 Å². The molecular formula is C19H26N2O2. The molecule has 124 valence electrons. The SMILES string of the molecule is CC(C)C(N)CCN(C)C(=O)COc1cccc2ccccc12. The van der Waals surface area contributed by atoms with Crippen molar-refractivity contribution in [2.24, 2.45) is 11.7 Å². The second kappa shape index (κ2) is 7.97. The van der Waals surface area contributed by atoms with Gasteiger partial charge in [-0.3, -0.25) is 4.79 Å². The fourth-order valence-corrected chi connectivity index (χ4v) is 2.37. The molecule has 1 unspecified atom stereocenters. The van der Waals surface area contributed by atoms with Crippen LogP contribution >= 0.6 is 0 Å². The number of carbonyl (C=O) groups is 1. The van der Waals surface area contributed by atoms with Crippen LogP contribution in [-0.2, 0) is 4.79 Å². The van der Waals surface area contributed by atoms with E-state index >= 15 is 0 Å². The summed E-state index contributed by atoms with van der Waals surface area (Å²) >= 11 is 0. The highest BCUT2D eigenvalue weighted by Gasteiger charge is 2.13. The molecule has 0 aliphatic heterocycles. The van der Waals surface area contributed by atoms with E-state index in [-0.39, 0.29) is 18.6 Å². The van der Waals surface area contributed by atoms with E-state index in [1.807, 2.05) is 42.5 Å². The minimum Gasteiger partial charge on any atom is -0.483 e. The zero-order valence-corrected chi connectivity index (χ0v) is 14.2. The summed E-state index contributed by atoms with van der Waals surface area (Å²) < 4.78 is 5.73. The van der Waals surface area contributed by atoms with E-state index in [1.54, 1.807) is 11.9 Å². The number of hydrogen-bond acceptors (Lipinski definition) is 3. The topological polar surface area (TPSA) is 55.6 Å². The van der Waals surface area contributed by atoms with Crippen LogP contribution in [0.4, 0.5) is 0 Å². The van der Waals surface area contributed by atoms with E-state index in [0.29, 0.717) is 12.5 Å². The average molecular weight is 314 g/mol. The van der Waals surface area contributed by atoms with Crippen LogP contribution in [0.3, 0.4) is 0 Å². The summed E-state index contributed by atoms with van der Waals surface area (Å²) in [5.74, 6) is 1.13. The van der Waals surface area contributed by atoms with Gasteiger partial charge in [0.05, 0.1) is 0 Å². The van der Waals surface area contributed by atoms with Crippen LogP contribution in [-0.4, -0.2) is 37.0 Å². The maximum atomic E-state index is 12.2. The molecule has 1 amide bonds. The zero-order chi connectivity index (χ0) is 16.8. The molecule has 0 aliphatic rings. The second-order valence-corrected chi connectivity index (χ2v) is 6.28. The zero-order valence-electron chi connectivity index (χ0n) is 14.2. The lowest BCUT2D eigenvalue weighted by Gasteiger charge is -2.21. The molecule has 0 spiro atoms. The third kappa shape index (κ3) is 4.70. The van der Waals surface area contributed by atoms with Crippen molar-refractivity contribution in [2.75, 3.05) is 20.2 Å². The summed E-state index contributed by atoms with van der Waals surface area (Å²) in [6, 6.07) is 14.0. The third-order valence-electron chi connectivity index (χ3n) is 4.18. The number of rotatable bonds is 7. The Balaban J connectivity index is 1.90. The maximum Gasteiger partial charge on any atom is 0.260 e. The van der Waals surface area contributed by atoms with Gasteiger partial charge in [-0.15, -0.1) is 0 Å². The van der Waals surface area contributed by atoms with E-state index in [2.05, 4.69) is 13.8 Å². The summed E-state index contributed by atoms with van der Waals surface area (Å²) in [7, 11) is 1.79. The summed E-state index contributed by atoms with van der Waals surface area (Å²) in [4.78, 5) is 13.9. The molecular weight excluding hydrogens is 288 g/mol. The Morgan fingerprint density at radius 2 is 1.87 bits per heavy atom. The number of carbonyl (C=O) groups excluding carboxylic acids is 1. The lowest BCUT2D eigenvalue weighted by molar-refractivity contribution is -0.132. The largest absolute Gasteiger partial charge is 0.483 e. The van der Waals surface area contributed by atoms with Crippen molar-refractivity contribution in [2.45, 2.75) is 26.3 Å². The third-order valence-corrected chi connectivity index (χ3v) is 4.18. The van der Waals surface area contributed by atoms with Gasteiger partial charge in [0.2, 0.25) is 0 Å². The van der Waals surface area contributed by atoms with Gasteiger partial charge in [0.15, 0.2) is 6.61 Å². The first-order valence-corrected chi connectivity index (χ1v) is 8.09. The molecule has 4 nitrogen and oxygen atoms in total. The van der Waals surface area contributed by atoms with Gasteiger partial charge >= 0.3 is 0 Å². The molecule has 0 aromatic heterocycles. The Labute approximate surface area is 138 Å². The van der Waals surface area contributed by atoms with Crippen molar-refractivity contribution < 1.29 is 9.53 Å². The predicted molar refractivity (Wildman–Crippen MR) is 94.5 cm³/mol. The molecule has 0 bridgehead atoms. The highest BCUT2D eigenvalue weighted by molar-refractivity contribution is 5.88. The smallest absolute Gasteiger partial charge is 0.260 e. The van der Waals surface area contributed by atoms with Crippen molar-refractivity contribution in [1.82, 2.24) is 4.90 Å². The number of ether oxygens (including phenoxy) is 1. The maximum absolute atomic E-state index is 12.2. The van der Waals surface area contributed by atoms with Crippen LogP contribution < -0.4 is 10.5 Å². The second-order valence-electron chi connectivity index (χ2n) is 6.28. The van der Waals surface area contributed by atoms with Crippen LogP contribution in [0.15, 0.2) is 42.5 Å². The van der Waals surface area contributed by atoms with Crippen LogP contribution in [0, 0.1) is 5.92 Å². The normalized spacial score (nSPS) is 12.4. The van der Waals surface area contributed by atoms with Crippen molar-refractivity contribution in [3.05, 3.63) is 42.5 Å². The highest BCUT2D eigenvalue weighted by Crippen LogP contribution is 2.25. The summed E-state index contributed by atoms with van der Waals surface area (Å²) in [6.45, 7) is 4.88. The molecule has 2 rings (SSSR count). The van der Waals surface area contributed by atoms with E-state index in [0.717, 1.165) is 22.9 Å². The number of hydrogen-bond donors (Lipinski definition) is 1. The predicted octanol–water partition coefficient (Wildman–Crippen LogP) is 3.05. The molecule has 0 radical (unpaired) electrons.